The van der Waals surface area contributed by atoms with Crippen LogP contribution in [0.1, 0.15) is 77.6 Å². The third-order valence-corrected chi connectivity index (χ3v) is 5.15. The minimum atomic E-state index is -1.12. The van der Waals surface area contributed by atoms with Crippen molar-refractivity contribution < 1.29 is 14.7 Å². The van der Waals surface area contributed by atoms with E-state index in [-0.39, 0.29) is 27.7 Å². The molecule has 1 heterocycles. The topological polar surface area (TPSA) is 67.3 Å². The predicted molar refractivity (Wildman–Crippen MR) is 79.2 cm³/mol. The zero-order valence-corrected chi connectivity index (χ0v) is 13.0. The first-order valence-electron chi connectivity index (χ1n) is 7.33. The Labute approximate surface area is 128 Å². The molecule has 112 valence electrons. The Kier molecular flexibility index (Phi) is 3.32. The molecule has 0 aliphatic heterocycles. The molecule has 5 heteroatoms. The molecule has 1 aromatic rings. The summed E-state index contributed by atoms with van der Waals surface area (Å²) in [5.74, 6) is -1.21. The molecular formula is C16H18ClNO3. The summed E-state index contributed by atoms with van der Waals surface area (Å²) >= 11 is 6.28. The number of carboxylic acids is 1. The van der Waals surface area contributed by atoms with Gasteiger partial charge in [0.25, 0.3) is 0 Å². The lowest BCUT2D eigenvalue weighted by Crippen LogP contribution is -2.39. The van der Waals surface area contributed by atoms with Gasteiger partial charge in [-0.3, -0.25) is 9.78 Å². The molecule has 0 saturated heterocycles. The van der Waals surface area contributed by atoms with Crippen LogP contribution in [-0.4, -0.2) is 21.8 Å². The molecule has 1 fully saturated rings. The predicted octanol–water partition coefficient (Wildman–Crippen LogP) is 3.86. The van der Waals surface area contributed by atoms with Gasteiger partial charge in [0, 0.05) is 6.42 Å². The van der Waals surface area contributed by atoms with Crippen LogP contribution in [0.15, 0.2) is 0 Å². The number of hydrogen-bond acceptors (Lipinski definition) is 3. The number of carbonyl (C=O) groups is 2. The molecule has 0 unspecified atom stereocenters. The number of aromatic carboxylic acids is 1. The summed E-state index contributed by atoms with van der Waals surface area (Å²) in [7, 11) is 0. The summed E-state index contributed by atoms with van der Waals surface area (Å²) in [6.45, 7) is 3.78. The summed E-state index contributed by atoms with van der Waals surface area (Å²) in [5.41, 5.74) is 1.57. The molecule has 21 heavy (non-hydrogen) atoms. The Bertz CT molecular complexity index is 647. The van der Waals surface area contributed by atoms with Crippen LogP contribution in [0, 0.1) is 5.41 Å². The molecule has 1 N–H and O–H groups in total. The van der Waals surface area contributed by atoms with Crippen molar-refractivity contribution in [3.05, 3.63) is 27.5 Å². The molecule has 4 nitrogen and oxygen atoms in total. The number of nitrogens with zero attached hydrogens (tertiary/aromatic N) is 1. The summed E-state index contributed by atoms with van der Waals surface area (Å²) in [4.78, 5) is 28.5. The molecule has 2 aliphatic rings. The Hall–Kier alpha value is -1.42. The Balaban J connectivity index is 2.20. The van der Waals surface area contributed by atoms with Crippen LogP contribution in [-0.2, 0) is 6.42 Å². The van der Waals surface area contributed by atoms with E-state index in [1.54, 1.807) is 0 Å². The zero-order chi connectivity index (χ0) is 15.4. The minimum absolute atomic E-state index is 0.0108. The van der Waals surface area contributed by atoms with E-state index in [1.165, 1.54) is 0 Å². The molecule has 1 aromatic heterocycles. The fourth-order valence-corrected chi connectivity index (χ4v) is 3.92. The number of carbonyl (C=O) groups excluding carboxylic acids is 1. The highest BCUT2D eigenvalue weighted by atomic mass is 35.5. The van der Waals surface area contributed by atoms with Crippen molar-refractivity contribution >= 4 is 23.4 Å². The van der Waals surface area contributed by atoms with E-state index in [9.17, 15) is 14.7 Å². The molecule has 0 radical (unpaired) electrons. The molecule has 1 spiro atoms. The van der Waals surface area contributed by atoms with E-state index >= 15 is 0 Å². The maximum Gasteiger partial charge on any atom is 0.339 e. The molecule has 1 saturated carbocycles. The summed E-state index contributed by atoms with van der Waals surface area (Å²) in [6, 6.07) is 0. The molecule has 0 bridgehead atoms. The first kappa shape index (κ1) is 14.5. The van der Waals surface area contributed by atoms with Crippen molar-refractivity contribution in [3.63, 3.8) is 0 Å². The van der Waals surface area contributed by atoms with Gasteiger partial charge in [-0.25, -0.2) is 4.79 Å². The quantitative estimate of drug-likeness (QED) is 0.901. The highest BCUT2D eigenvalue weighted by Gasteiger charge is 2.45. The molecular weight excluding hydrogens is 290 g/mol. The van der Waals surface area contributed by atoms with Gasteiger partial charge in [0.1, 0.15) is 5.56 Å². The van der Waals surface area contributed by atoms with E-state index in [1.807, 2.05) is 13.8 Å². The number of halogens is 1. The third-order valence-electron chi connectivity index (χ3n) is 4.77. The van der Waals surface area contributed by atoms with Gasteiger partial charge >= 0.3 is 5.97 Å². The van der Waals surface area contributed by atoms with E-state index in [4.69, 9.17) is 11.6 Å². The van der Waals surface area contributed by atoms with Crippen LogP contribution in [0.5, 0.6) is 0 Å². The number of hydrogen-bond donors (Lipinski definition) is 1. The number of ketones is 1. The van der Waals surface area contributed by atoms with Crippen LogP contribution in [0.25, 0.3) is 0 Å². The second kappa shape index (κ2) is 4.80. The first-order chi connectivity index (χ1) is 9.84. The average molecular weight is 308 g/mol. The summed E-state index contributed by atoms with van der Waals surface area (Å²) in [5, 5.41) is 9.49. The number of carboxylic acid groups (broad SMARTS) is 1. The monoisotopic (exact) mass is 307 g/mol. The van der Waals surface area contributed by atoms with Crippen molar-refractivity contribution in [2.45, 2.75) is 51.9 Å². The smallest absolute Gasteiger partial charge is 0.339 e. The lowest BCUT2D eigenvalue weighted by Gasteiger charge is -2.44. The van der Waals surface area contributed by atoms with Crippen molar-refractivity contribution in [1.29, 1.82) is 0 Å². The maximum atomic E-state index is 12.5. The van der Waals surface area contributed by atoms with Crippen molar-refractivity contribution in [1.82, 2.24) is 4.98 Å². The van der Waals surface area contributed by atoms with Gasteiger partial charge < -0.3 is 5.11 Å². The van der Waals surface area contributed by atoms with E-state index < -0.39 is 5.97 Å². The minimum Gasteiger partial charge on any atom is -0.478 e. The van der Waals surface area contributed by atoms with Gasteiger partial charge in [-0.1, -0.05) is 31.9 Å². The average Bonchev–Trinajstić information content (AvgIpc) is 2.34. The summed E-state index contributed by atoms with van der Waals surface area (Å²) < 4.78 is 0. The van der Waals surface area contributed by atoms with Gasteiger partial charge in [-0.2, -0.15) is 0 Å². The van der Waals surface area contributed by atoms with Crippen molar-refractivity contribution in [2.75, 3.05) is 0 Å². The number of fused-ring (bicyclic) bond motifs is 1. The molecule has 0 atom stereocenters. The Morgan fingerprint density at radius 1 is 1.33 bits per heavy atom. The number of Topliss-reactive ketones (excluding diaryl/α,β-unsaturated/α-hetero) is 1. The first-order valence-corrected chi connectivity index (χ1v) is 7.71. The molecule has 3 rings (SSSR count). The van der Waals surface area contributed by atoms with Crippen LogP contribution in [0.2, 0.25) is 5.02 Å². The van der Waals surface area contributed by atoms with E-state index in [0.29, 0.717) is 23.4 Å². The number of aromatic nitrogens is 1. The van der Waals surface area contributed by atoms with Gasteiger partial charge in [0.05, 0.1) is 22.0 Å². The fraction of sp³-hybridized carbons (Fsp3) is 0.562. The van der Waals surface area contributed by atoms with Crippen molar-refractivity contribution in [3.8, 4) is 0 Å². The second-order valence-electron chi connectivity index (χ2n) is 6.60. The summed E-state index contributed by atoms with van der Waals surface area (Å²) in [6.07, 6.45) is 4.47. The Morgan fingerprint density at radius 3 is 2.48 bits per heavy atom. The zero-order valence-electron chi connectivity index (χ0n) is 12.2. The largest absolute Gasteiger partial charge is 0.478 e. The molecule has 0 amide bonds. The normalized spacial score (nSPS) is 19.5. The standard InChI is InChI=1S/C16H18ClNO3/c1-8(2)14-12(15(20)21)13(17)11-9(18-14)6-16(4-3-5-16)7-10(11)19/h8H,3-7H2,1-2H3,(H,20,21). The second-order valence-corrected chi connectivity index (χ2v) is 6.98. The molecule has 0 aromatic carbocycles. The van der Waals surface area contributed by atoms with Gasteiger partial charge in [-0.05, 0) is 30.6 Å². The van der Waals surface area contributed by atoms with E-state index in [2.05, 4.69) is 4.98 Å². The fourth-order valence-electron chi connectivity index (χ4n) is 3.53. The molecule has 2 aliphatic carbocycles. The van der Waals surface area contributed by atoms with E-state index in [0.717, 1.165) is 25.7 Å². The van der Waals surface area contributed by atoms with Crippen LogP contribution < -0.4 is 0 Å². The van der Waals surface area contributed by atoms with Crippen molar-refractivity contribution in [2.24, 2.45) is 5.41 Å². The number of pyridine rings is 1. The number of rotatable bonds is 2. The van der Waals surface area contributed by atoms with Gasteiger partial charge in [-0.15, -0.1) is 0 Å². The SMILES string of the molecule is CC(C)c1nc2c(c(Cl)c1C(=O)O)C(=O)CC1(CCC1)C2. The van der Waals surface area contributed by atoms with Crippen LogP contribution in [0.3, 0.4) is 0 Å². The van der Waals surface area contributed by atoms with Gasteiger partial charge in [0.2, 0.25) is 0 Å². The highest BCUT2D eigenvalue weighted by molar-refractivity contribution is 6.37. The van der Waals surface area contributed by atoms with Gasteiger partial charge in [0.15, 0.2) is 5.78 Å². The highest BCUT2D eigenvalue weighted by Crippen LogP contribution is 2.51. The lowest BCUT2D eigenvalue weighted by molar-refractivity contribution is 0.0692. The third kappa shape index (κ3) is 2.16. The van der Waals surface area contributed by atoms with Crippen LogP contribution in [0.4, 0.5) is 0 Å². The lowest BCUT2D eigenvalue weighted by atomic mass is 9.60. The van der Waals surface area contributed by atoms with Crippen LogP contribution >= 0.6 is 11.6 Å². The Morgan fingerprint density at radius 2 is 2.00 bits per heavy atom. The maximum absolute atomic E-state index is 12.5.